The maximum Gasteiger partial charge on any atom is 0.338 e. The zero-order chi connectivity index (χ0) is 17.6. The average molecular weight is 334 g/mol. The van der Waals surface area contributed by atoms with E-state index in [0.717, 1.165) is 11.1 Å². The molecule has 0 aliphatic rings. The number of nitrogens with zero attached hydrogens (tertiary/aromatic N) is 1. The molecule has 0 radical (unpaired) electrons. The van der Waals surface area contributed by atoms with Gasteiger partial charge in [0.25, 0.3) is 0 Å². The van der Waals surface area contributed by atoms with Crippen molar-refractivity contribution in [3.63, 3.8) is 0 Å². The third-order valence-corrected chi connectivity index (χ3v) is 3.74. The number of pyridine rings is 1. The van der Waals surface area contributed by atoms with Crippen LogP contribution in [0.25, 0.3) is 11.1 Å². The van der Waals surface area contributed by atoms with Gasteiger partial charge in [-0.25, -0.2) is 9.78 Å². The van der Waals surface area contributed by atoms with Crippen molar-refractivity contribution in [1.29, 1.82) is 0 Å². The molecular formula is C20H18N2O3. The first-order valence-electron chi connectivity index (χ1n) is 7.79. The Morgan fingerprint density at radius 2 is 1.76 bits per heavy atom. The molecule has 5 nitrogen and oxygen atoms in total. The number of methoxy groups -OCH3 is 1. The van der Waals surface area contributed by atoms with E-state index in [0.29, 0.717) is 23.5 Å². The predicted molar refractivity (Wildman–Crippen MR) is 96.2 cm³/mol. The van der Waals surface area contributed by atoms with Gasteiger partial charge in [0.1, 0.15) is 18.2 Å². The molecule has 0 amide bonds. The van der Waals surface area contributed by atoms with Gasteiger partial charge in [-0.1, -0.05) is 48.5 Å². The Labute approximate surface area is 146 Å². The second-order valence-corrected chi connectivity index (χ2v) is 5.42. The van der Waals surface area contributed by atoms with E-state index in [4.69, 9.17) is 15.2 Å². The number of ether oxygens (including phenoxy) is 2. The summed E-state index contributed by atoms with van der Waals surface area (Å²) >= 11 is 0. The van der Waals surface area contributed by atoms with Gasteiger partial charge in [-0.15, -0.1) is 0 Å². The quantitative estimate of drug-likeness (QED) is 0.720. The molecular weight excluding hydrogens is 316 g/mol. The van der Waals surface area contributed by atoms with Crippen molar-refractivity contribution in [3.05, 3.63) is 78.0 Å². The van der Waals surface area contributed by atoms with Crippen molar-refractivity contribution < 1.29 is 14.3 Å². The van der Waals surface area contributed by atoms with Crippen LogP contribution < -0.4 is 10.5 Å². The smallest absolute Gasteiger partial charge is 0.338 e. The fraction of sp³-hybridized carbons (Fsp3) is 0.100. The van der Waals surface area contributed by atoms with Crippen LogP contribution in [0.2, 0.25) is 0 Å². The van der Waals surface area contributed by atoms with Gasteiger partial charge in [0.05, 0.1) is 12.7 Å². The predicted octanol–water partition coefficient (Wildman–Crippen LogP) is 3.70. The molecule has 1 heterocycles. The zero-order valence-electron chi connectivity index (χ0n) is 13.8. The van der Waals surface area contributed by atoms with E-state index in [1.807, 2.05) is 54.6 Å². The lowest BCUT2D eigenvalue weighted by Crippen LogP contribution is -2.06. The molecule has 25 heavy (non-hydrogen) atoms. The summed E-state index contributed by atoms with van der Waals surface area (Å²) < 4.78 is 10.8. The standard InChI is InChI=1S/C20H18N2O3/c1-24-20(23)16-11-19(21)22-12-17(16)15-9-5-6-10-18(15)25-13-14-7-3-2-4-8-14/h2-12H,13H2,1H3,(H2,21,22). The highest BCUT2D eigenvalue weighted by molar-refractivity contribution is 5.98. The molecule has 1 aromatic heterocycles. The highest BCUT2D eigenvalue weighted by Gasteiger charge is 2.17. The number of hydrogen-bond donors (Lipinski definition) is 1. The van der Waals surface area contributed by atoms with Gasteiger partial charge in [0.2, 0.25) is 0 Å². The van der Waals surface area contributed by atoms with E-state index in [-0.39, 0.29) is 5.82 Å². The van der Waals surface area contributed by atoms with Crippen LogP contribution in [0.15, 0.2) is 66.9 Å². The maximum atomic E-state index is 12.1. The topological polar surface area (TPSA) is 74.4 Å². The number of aromatic nitrogens is 1. The Balaban J connectivity index is 1.97. The number of hydrogen-bond acceptors (Lipinski definition) is 5. The van der Waals surface area contributed by atoms with Crippen LogP contribution in [0.5, 0.6) is 5.75 Å². The minimum absolute atomic E-state index is 0.256. The molecule has 2 aromatic carbocycles. The Hall–Kier alpha value is -3.34. The minimum atomic E-state index is -0.470. The largest absolute Gasteiger partial charge is 0.488 e. The summed E-state index contributed by atoms with van der Waals surface area (Å²) in [5.41, 5.74) is 8.50. The van der Waals surface area contributed by atoms with Gasteiger partial charge >= 0.3 is 5.97 Å². The molecule has 0 atom stereocenters. The van der Waals surface area contributed by atoms with Crippen molar-refractivity contribution in [2.45, 2.75) is 6.61 Å². The number of nitrogens with two attached hydrogens (primary N) is 1. The van der Waals surface area contributed by atoms with Gasteiger partial charge in [-0.3, -0.25) is 0 Å². The minimum Gasteiger partial charge on any atom is -0.488 e. The number of anilines is 1. The number of benzene rings is 2. The van der Waals surface area contributed by atoms with Gasteiger partial charge < -0.3 is 15.2 Å². The van der Waals surface area contributed by atoms with Gasteiger partial charge in [-0.05, 0) is 17.7 Å². The van der Waals surface area contributed by atoms with E-state index in [1.54, 1.807) is 6.20 Å². The van der Waals surface area contributed by atoms with Crippen molar-refractivity contribution in [2.24, 2.45) is 0 Å². The monoisotopic (exact) mass is 334 g/mol. The summed E-state index contributed by atoms with van der Waals surface area (Å²) in [4.78, 5) is 16.2. The number of nitrogen functional groups attached to an aromatic ring is 1. The number of carbonyl (C=O) groups excluding carboxylic acids is 1. The molecule has 3 aromatic rings. The van der Waals surface area contributed by atoms with Gasteiger partial charge in [-0.2, -0.15) is 0 Å². The van der Waals surface area contributed by atoms with Crippen LogP contribution in [-0.4, -0.2) is 18.1 Å². The van der Waals surface area contributed by atoms with Crippen LogP contribution in [0.1, 0.15) is 15.9 Å². The number of rotatable bonds is 5. The van der Waals surface area contributed by atoms with Crippen molar-refractivity contribution >= 4 is 11.8 Å². The fourth-order valence-corrected chi connectivity index (χ4v) is 2.52. The maximum absolute atomic E-state index is 12.1. The second-order valence-electron chi connectivity index (χ2n) is 5.42. The SMILES string of the molecule is COC(=O)c1cc(N)ncc1-c1ccccc1OCc1ccccc1. The lowest BCUT2D eigenvalue weighted by molar-refractivity contribution is 0.0601. The molecule has 0 aliphatic heterocycles. The zero-order valence-corrected chi connectivity index (χ0v) is 13.8. The lowest BCUT2D eigenvalue weighted by atomic mass is 10.0. The molecule has 0 spiro atoms. The van der Waals surface area contributed by atoms with E-state index in [9.17, 15) is 4.79 Å². The summed E-state index contributed by atoms with van der Waals surface area (Å²) in [6.07, 6.45) is 1.56. The highest BCUT2D eigenvalue weighted by atomic mass is 16.5. The van der Waals surface area contributed by atoms with E-state index >= 15 is 0 Å². The first-order valence-corrected chi connectivity index (χ1v) is 7.79. The Morgan fingerprint density at radius 3 is 2.52 bits per heavy atom. The van der Waals surface area contributed by atoms with E-state index < -0.39 is 5.97 Å². The summed E-state index contributed by atoms with van der Waals surface area (Å²) in [7, 11) is 1.33. The summed E-state index contributed by atoms with van der Waals surface area (Å²) in [5.74, 6) is 0.442. The molecule has 0 fully saturated rings. The van der Waals surface area contributed by atoms with Crippen molar-refractivity contribution in [2.75, 3.05) is 12.8 Å². The van der Waals surface area contributed by atoms with Crippen LogP contribution in [0, 0.1) is 0 Å². The fourth-order valence-electron chi connectivity index (χ4n) is 2.52. The second kappa shape index (κ2) is 7.49. The highest BCUT2D eigenvalue weighted by Crippen LogP contribution is 2.33. The van der Waals surface area contributed by atoms with Gasteiger partial charge in [0.15, 0.2) is 0 Å². The molecule has 0 saturated carbocycles. The first-order chi connectivity index (χ1) is 12.2. The molecule has 0 unspecified atom stereocenters. The van der Waals surface area contributed by atoms with Crippen molar-refractivity contribution in [1.82, 2.24) is 4.98 Å². The molecule has 0 aliphatic carbocycles. The Morgan fingerprint density at radius 1 is 1.04 bits per heavy atom. The molecule has 2 N–H and O–H groups in total. The van der Waals surface area contributed by atoms with Crippen LogP contribution in [0.4, 0.5) is 5.82 Å². The lowest BCUT2D eigenvalue weighted by Gasteiger charge is -2.14. The van der Waals surface area contributed by atoms with E-state index in [1.165, 1.54) is 13.2 Å². The number of para-hydroxylation sites is 1. The Kier molecular flexibility index (Phi) is 4.95. The molecule has 0 saturated heterocycles. The summed E-state index contributed by atoms with van der Waals surface area (Å²) in [6.45, 7) is 0.424. The number of carbonyl (C=O) groups is 1. The van der Waals surface area contributed by atoms with Crippen LogP contribution >= 0.6 is 0 Å². The normalized spacial score (nSPS) is 10.3. The van der Waals surface area contributed by atoms with Crippen molar-refractivity contribution in [3.8, 4) is 16.9 Å². The third-order valence-electron chi connectivity index (χ3n) is 3.74. The molecule has 5 heteroatoms. The van der Waals surface area contributed by atoms with Gasteiger partial charge in [0, 0.05) is 17.3 Å². The van der Waals surface area contributed by atoms with E-state index in [2.05, 4.69) is 4.98 Å². The number of esters is 1. The summed E-state index contributed by atoms with van der Waals surface area (Å²) in [5, 5.41) is 0. The average Bonchev–Trinajstić information content (AvgIpc) is 2.67. The molecule has 3 rings (SSSR count). The summed E-state index contributed by atoms with van der Waals surface area (Å²) in [6, 6.07) is 18.9. The molecule has 126 valence electrons. The van der Waals surface area contributed by atoms with Crippen LogP contribution in [-0.2, 0) is 11.3 Å². The Bertz CT molecular complexity index is 879. The van der Waals surface area contributed by atoms with Crippen LogP contribution in [0.3, 0.4) is 0 Å². The third kappa shape index (κ3) is 3.77. The first kappa shape index (κ1) is 16.5. The molecule has 0 bridgehead atoms.